The SMILES string of the molecule is CCOCCOc1ccccc1NCC(=O)Nc1ccc(C(=O)N(CC)CC)cc1. The van der Waals surface area contributed by atoms with E-state index in [2.05, 4.69) is 10.6 Å². The summed E-state index contributed by atoms with van der Waals surface area (Å²) in [6.45, 7) is 8.85. The van der Waals surface area contributed by atoms with Crippen LogP contribution in [0, 0.1) is 0 Å². The van der Waals surface area contributed by atoms with Crippen molar-refractivity contribution in [3.63, 3.8) is 0 Å². The standard InChI is InChI=1S/C23H31N3O4/c1-4-26(5-2)23(28)18-11-13-19(14-12-18)25-22(27)17-24-20-9-7-8-10-21(20)30-16-15-29-6-3/h7-14,24H,4-6,15-17H2,1-3H3,(H,25,27). The first kappa shape index (κ1) is 23.2. The van der Waals surface area contributed by atoms with Gasteiger partial charge in [-0.3, -0.25) is 9.59 Å². The first-order chi connectivity index (χ1) is 14.6. The third-order valence-corrected chi connectivity index (χ3v) is 4.48. The van der Waals surface area contributed by atoms with E-state index in [0.717, 1.165) is 5.69 Å². The Hall–Kier alpha value is -3.06. The molecule has 0 fully saturated rings. The lowest BCUT2D eigenvalue weighted by molar-refractivity contribution is -0.114. The third kappa shape index (κ3) is 7.08. The summed E-state index contributed by atoms with van der Waals surface area (Å²) >= 11 is 0. The zero-order valence-corrected chi connectivity index (χ0v) is 17.9. The Morgan fingerprint density at radius 2 is 1.63 bits per heavy atom. The molecule has 2 aromatic carbocycles. The number of benzene rings is 2. The van der Waals surface area contributed by atoms with Gasteiger partial charge >= 0.3 is 0 Å². The summed E-state index contributed by atoms with van der Waals surface area (Å²) in [5.74, 6) is 0.465. The highest BCUT2D eigenvalue weighted by Gasteiger charge is 2.12. The van der Waals surface area contributed by atoms with Gasteiger partial charge in [-0.1, -0.05) is 12.1 Å². The molecular formula is C23H31N3O4. The van der Waals surface area contributed by atoms with Crippen molar-refractivity contribution in [1.29, 1.82) is 0 Å². The number of carbonyl (C=O) groups excluding carboxylic acids is 2. The lowest BCUT2D eigenvalue weighted by Crippen LogP contribution is -2.30. The number of anilines is 2. The second-order valence-corrected chi connectivity index (χ2v) is 6.50. The van der Waals surface area contributed by atoms with Gasteiger partial charge in [0.25, 0.3) is 5.91 Å². The van der Waals surface area contributed by atoms with Crippen LogP contribution in [0.1, 0.15) is 31.1 Å². The van der Waals surface area contributed by atoms with Crippen molar-refractivity contribution in [1.82, 2.24) is 4.90 Å². The van der Waals surface area contributed by atoms with Crippen LogP contribution in [-0.4, -0.2) is 56.2 Å². The van der Waals surface area contributed by atoms with E-state index < -0.39 is 0 Å². The highest BCUT2D eigenvalue weighted by molar-refractivity contribution is 5.96. The van der Waals surface area contributed by atoms with E-state index in [1.807, 2.05) is 45.0 Å². The van der Waals surface area contributed by atoms with Crippen LogP contribution in [0.15, 0.2) is 48.5 Å². The maximum absolute atomic E-state index is 12.4. The summed E-state index contributed by atoms with van der Waals surface area (Å²) in [6, 6.07) is 14.4. The van der Waals surface area contributed by atoms with Gasteiger partial charge in [-0.2, -0.15) is 0 Å². The Morgan fingerprint density at radius 1 is 0.933 bits per heavy atom. The quantitative estimate of drug-likeness (QED) is 0.520. The van der Waals surface area contributed by atoms with E-state index in [0.29, 0.717) is 49.9 Å². The normalized spacial score (nSPS) is 10.4. The van der Waals surface area contributed by atoms with Crippen LogP contribution in [-0.2, 0) is 9.53 Å². The van der Waals surface area contributed by atoms with Crippen LogP contribution >= 0.6 is 0 Å². The molecule has 30 heavy (non-hydrogen) atoms. The number of hydrogen-bond acceptors (Lipinski definition) is 5. The first-order valence-electron chi connectivity index (χ1n) is 10.3. The van der Waals surface area contributed by atoms with Crippen LogP contribution < -0.4 is 15.4 Å². The van der Waals surface area contributed by atoms with Crippen molar-refractivity contribution in [2.45, 2.75) is 20.8 Å². The van der Waals surface area contributed by atoms with Crippen LogP contribution in [0.4, 0.5) is 11.4 Å². The molecule has 2 rings (SSSR count). The molecule has 0 saturated carbocycles. The fourth-order valence-electron chi connectivity index (χ4n) is 2.86. The van der Waals surface area contributed by atoms with E-state index in [1.54, 1.807) is 29.2 Å². The van der Waals surface area contributed by atoms with Crippen LogP contribution in [0.25, 0.3) is 0 Å². The zero-order chi connectivity index (χ0) is 21.8. The molecular weight excluding hydrogens is 382 g/mol. The first-order valence-corrected chi connectivity index (χ1v) is 10.3. The third-order valence-electron chi connectivity index (χ3n) is 4.48. The van der Waals surface area contributed by atoms with Crippen molar-refractivity contribution in [2.75, 3.05) is 50.1 Å². The van der Waals surface area contributed by atoms with Gasteiger partial charge in [0.05, 0.1) is 18.8 Å². The van der Waals surface area contributed by atoms with Gasteiger partial charge < -0.3 is 25.0 Å². The van der Waals surface area contributed by atoms with Crippen molar-refractivity contribution >= 4 is 23.2 Å². The number of ether oxygens (including phenoxy) is 2. The second kappa shape index (κ2) is 12.5. The van der Waals surface area contributed by atoms with E-state index in [1.165, 1.54) is 0 Å². The van der Waals surface area contributed by atoms with Gasteiger partial charge in [-0.05, 0) is 57.2 Å². The molecule has 0 saturated heterocycles. The summed E-state index contributed by atoms with van der Waals surface area (Å²) in [5.41, 5.74) is 1.98. The number of para-hydroxylation sites is 2. The Kier molecular flexibility index (Phi) is 9.67. The molecule has 2 aromatic rings. The largest absolute Gasteiger partial charge is 0.489 e. The molecule has 162 valence electrons. The average Bonchev–Trinajstić information content (AvgIpc) is 2.77. The highest BCUT2D eigenvalue weighted by Crippen LogP contribution is 2.23. The fraction of sp³-hybridized carbons (Fsp3) is 0.391. The monoisotopic (exact) mass is 413 g/mol. The maximum atomic E-state index is 12.4. The summed E-state index contributed by atoms with van der Waals surface area (Å²) in [5, 5.41) is 5.92. The number of hydrogen-bond donors (Lipinski definition) is 2. The molecule has 0 spiro atoms. The number of amides is 2. The lowest BCUT2D eigenvalue weighted by Gasteiger charge is -2.18. The molecule has 2 N–H and O–H groups in total. The van der Waals surface area contributed by atoms with Crippen LogP contribution in [0.5, 0.6) is 5.75 Å². The second-order valence-electron chi connectivity index (χ2n) is 6.50. The van der Waals surface area contributed by atoms with Gasteiger partial charge in [0.1, 0.15) is 12.4 Å². The Bertz CT molecular complexity index is 804. The van der Waals surface area contributed by atoms with Crippen molar-refractivity contribution in [2.24, 2.45) is 0 Å². The summed E-state index contributed by atoms with van der Waals surface area (Å²) < 4.78 is 11.0. The fourth-order valence-corrected chi connectivity index (χ4v) is 2.86. The number of nitrogens with zero attached hydrogens (tertiary/aromatic N) is 1. The molecule has 7 nitrogen and oxygen atoms in total. The van der Waals surface area contributed by atoms with E-state index in [9.17, 15) is 9.59 Å². The molecule has 0 radical (unpaired) electrons. The van der Waals surface area contributed by atoms with E-state index in [-0.39, 0.29) is 18.4 Å². The maximum Gasteiger partial charge on any atom is 0.253 e. The molecule has 0 aliphatic rings. The molecule has 0 aromatic heterocycles. The van der Waals surface area contributed by atoms with Crippen molar-refractivity contribution in [3.8, 4) is 5.75 Å². The number of carbonyl (C=O) groups is 2. The van der Waals surface area contributed by atoms with Gasteiger partial charge in [-0.25, -0.2) is 0 Å². The molecule has 0 bridgehead atoms. The van der Waals surface area contributed by atoms with Gasteiger partial charge in [-0.15, -0.1) is 0 Å². The van der Waals surface area contributed by atoms with Crippen LogP contribution in [0.2, 0.25) is 0 Å². The molecule has 2 amide bonds. The van der Waals surface area contributed by atoms with Gasteiger partial charge in [0, 0.05) is 30.9 Å². The summed E-state index contributed by atoms with van der Waals surface area (Å²) in [7, 11) is 0. The zero-order valence-electron chi connectivity index (χ0n) is 17.9. The van der Waals surface area contributed by atoms with Crippen molar-refractivity contribution in [3.05, 3.63) is 54.1 Å². The lowest BCUT2D eigenvalue weighted by atomic mass is 10.1. The minimum Gasteiger partial charge on any atom is -0.489 e. The number of rotatable bonds is 12. The van der Waals surface area contributed by atoms with E-state index >= 15 is 0 Å². The summed E-state index contributed by atoms with van der Waals surface area (Å²) in [6.07, 6.45) is 0. The molecule has 0 unspecified atom stereocenters. The predicted molar refractivity (Wildman–Crippen MR) is 119 cm³/mol. The smallest absolute Gasteiger partial charge is 0.253 e. The van der Waals surface area contributed by atoms with Crippen LogP contribution in [0.3, 0.4) is 0 Å². The molecule has 0 aliphatic heterocycles. The Morgan fingerprint density at radius 3 is 2.30 bits per heavy atom. The Balaban J connectivity index is 1.87. The summed E-state index contributed by atoms with van der Waals surface area (Å²) in [4.78, 5) is 26.4. The molecule has 7 heteroatoms. The van der Waals surface area contributed by atoms with Gasteiger partial charge in [0.15, 0.2) is 0 Å². The minimum atomic E-state index is -0.193. The molecule has 0 heterocycles. The number of nitrogens with one attached hydrogen (secondary N) is 2. The molecule has 0 aliphatic carbocycles. The minimum absolute atomic E-state index is 0.0134. The molecule has 0 atom stereocenters. The Labute approximate surface area is 178 Å². The van der Waals surface area contributed by atoms with Crippen molar-refractivity contribution < 1.29 is 19.1 Å². The van der Waals surface area contributed by atoms with E-state index in [4.69, 9.17) is 9.47 Å². The average molecular weight is 414 g/mol. The highest BCUT2D eigenvalue weighted by atomic mass is 16.5. The van der Waals surface area contributed by atoms with Gasteiger partial charge in [0.2, 0.25) is 5.91 Å². The predicted octanol–water partition coefficient (Wildman–Crippen LogP) is 3.63. The topological polar surface area (TPSA) is 79.9 Å².